The number of anilines is 1. The molecule has 1 aromatic carbocycles. The second-order valence-electron chi connectivity index (χ2n) is 4.74. The molecule has 96 valence electrons. The number of carbonyl (C=O) groups excluding carboxylic acids is 1. The number of rotatable bonds is 2. The number of benzene rings is 1. The van der Waals surface area contributed by atoms with Crippen LogP contribution >= 0.6 is 10.7 Å². The lowest BCUT2D eigenvalue weighted by Gasteiger charge is -2.17. The Morgan fingerprint density at radius 3 is 2.67 bits per heavy atom. The monoisotopic (exact) mass is 285 g/mol. The van der Waals surface area contributed by atoms with E-state index in [0.29, 0.717) is 12.2 Å². The summed E-state index contributed by atoms with van der Waals surface area (Å²) in [6.45, 7) is 0.635. The summed E-state index contributed by atoms with van der Waals surface area (Å²) in [6.07, 6.45) is 2.66. The topological polar surface area (TPSA) is 54.5 Å². The minimum Gasteiger partial charge on any atom is -0.312 e. The number of fused-ring (bicyclic) bond motifs is 1. The smallest absolute Gasteiger partial charge is 0.261 e. The van der Waals surface area contributed by atoms with Crippen molar-refractivity contribution in [3.8, 4) is 0 Å². The average molecular weight is 286 g/mol. The van der Waals surface area contributed by atoms with E-state index in [9.17, 15) is 13.2 Å². The van der Waals surface area contributed by atoms with E-state index in [2.05, 4.69) is 0 Å². The van der Waals surface area contributed by atoms with Gasteiger partial charge in [-0.15, -0.1) is 0 Å². The van der Waals surface area contributed by atoms with Gasteiger partial charge in [0.05, 0.1) is 4.90 Å². The fourth-order valence-electron chi connectivity index (χ4n) is 2.29. The Morgan fingerprint density at radius 2 is 2.06 bits per heavy atom. The van der Waals surface area contributed by atoms with Crippen molar-refractivity contribution >= 4 is 31.3 Å². The largest absolute Gasteiger partial charge is 0.312 e. The molecule has 2 aliphatic rings. The fraction of sp³-hybridized carbons (Fsp3) is 0.417. The molecule has 6 heteroatoms. The summed E-state index contributed by atoms with van der Waals surface area (Å²) in [4.78, 5) is 13.8. The second kappa shape index (κ2) is 3.96. The number of hydrogen-bond acceptors (Lipinski definition) is 3. The quantitative estimate of drug-likeness (QED) is 0.780. The first kappa shape index (κ1) is 12.0. The number of nitrogens with zero attached hydrogens (tertiary/aromatic N) is 1. The zero-order chi connectivity index (χ0) is 12.9. The second-order valence-corrected chi connectivity index (χ2v) is 7.31. The maximum absolute atomic E-state index is 12.1. The molecule has 1 aliphatic heterocycles. The summed E-state index contributed by atoms with van der Waals surface area (Å²) in [5.41, 5.74) is 1.71. The summed E-state index contributed by atoms with van der Waals surface area (Å²) >= 11 is 0. The zero-order valence-electron chi connectivity index (χ0n) is 9.60. The molecule has 1 aromatic rings. The fourth-order valence-corrected chi connectivity index (χ4v) is 3.06. The first-order valence-corrected chi connectivity index (χ1v) is 8.17. The van der Waals surface area contributed by atoms with Crippen LogP contribution in [0.2, 0.25) is 0 Å². The van der Waals surface area contributed by atoms with Crippen LogP contribution in [0.4, 0.5) is 5.69 Å². The van der Waals surface area contributed by atoms with E-state index in [-0.39, 0.29) is 16.7 Å². The van der Waals surface area contributed by atoms with Crippen LogP contribution in [0.3, 0.4) is 0 Å². The Hall–Kier alpha value is -1.07. The Labute approximate surface area is 110 Å². The van der Waals surface area contributed by atoms with Crippen LogP contribution in [0.15, 0.2) is 23.1 Å². The molecule has 0 radical (unpaired) electrons. The average Bonchev–Trinajstić information content (AvgIpc) is 3.06. The van der Waals surface area contributed by atoms with E-state index in [4.69, 9.17) is 10.7 Å². The molecule has 1 aliphatic carbocycles. The van der Waals surface area contributed by atoms with Crippen molar-refractivity contribution in [2.75, 3.05) is 11.4 Å². The molecule has 3 rings (SSSR count). The molecule has 1 amide bonds. The van der Waals surface area contributed by atoms with Gasteiger partial charge in [-0.1, -0.05) is 6.07 Å². The van der Waals surface area contributed by atoms with Crippen LogP contribution in [-0.4, -0.2) is 20.9 Å². The summed E-state index contributed by atoms with van der Waals surface area (Å²) < 4.78 is 22.6. The van der Waals surface area contributed by atoms with Gasteiger partial charge in [0.1, 0.15) is 0 Å². The minimum atomic E-state index is -3.74. The molecule has 1 heterocycles. The normalized spacial score (nSPS) is 18.8. The molecule has 0 bridgehead atoms. The third-order valence-electron chi connectivity index (χ3n) is 3.43. The maximum Gasteiger partial charge on any atom is 0.261 e. The first-order chi connectivity index (χ1) is 8.47. The molecule has 0 aromatic heterocycles. The van der Waals surface area contributed by atoms with E-state index in [0.717, 1.165) is 24.8 Å². The SMILES string of the molecule is O=C(C1CC1)N1CCc2ccc(S(=O)(=O)Cl)cc21. The number of carbonyl (C=O) groups is 1. The van der Waals surface area contributed by atoms with Crippen LogP contribution in [-0.2, 0) is 20.3 Å². The molecular formula is C12H12ClNO3S. The van der Waals surface area contributed by atoms with Gasteiger partial charge in [-0.2, -0.15) is 0 Å². The molecular weight excluding hydrogens is 274 g/mol. The molecule has 0 saturated heterocycles. The summed E-state index contributed by atoms with van der Waals surface area (Å²) in [5.74, 6) is 0.241. The van der Waals surface area contributed by atoms with Gasteiger partial charge in [0.2, 0.25) is 5.91 Å². The lowest BCUT2D eigenvalue weighted by molar-refractivity contribution is -0.119. The number of halogens is 1. The van der Waals surface area contributed by atoms with Crippen LogP contribution < -0.4 is 4.90 Å². The Morgan fingerprint density at radius 1 is 1.33 bits per heavy atom. The van der Waals surface area contributed by atoms with Gasteiger partial charge in [-0.3, -0.25) is 4.79 Å². The Balaban J connectivity index is 2.01. The van der Waals surface area contributed by atoms with E-state index < -0.39 is 9.05 Å². The first-order valence-electron chi connectivity index (χ1n) is 5.86. The van der Waals surface area contributed by atoms with Crippen molar-refractivity contribution in [2.45, 2.75) is 24.2 Å². The predicted molar refractivity (Wildman–Crippen MR) is 68.3 cm³/mol. The number of amides is 1. The van der Waals surface area contributed by atoms with Crippen LogP contribution in [0, 0.1) is 5.92 Å². The maximum atomic E-state index is 12.1. The van der Waals surface area contributed by atoms with Crippen LogP contribution in [0.5, 0.6) is 0 Å². The van der Waals surface area contributed by atoms with Crippen LogP contribution in [0.1, 0.15) is 18.4 Å². The molecule has 4 nitrogen and oxygen atoms in total. The third-order valence-corrected chi connectivity index (χ3v) is 4.78. The summed E-state index contributed by atoms with van der Waals surface area (Å²) in [5, 5.41) is 0. The predicted octanol–water partition coefficient (Wildman–Crippen LogP) is 1.91. The highest BCUT2D eigenvalue weighted by Crippen LogP contribution is 2.37. The molecule has 0 N–H and O–H groups in total. The summed E-state index contributed by atoms with van der Waals surface area (Å²) in [7, 11) is 1.59. The Kier molecular flexibility index (Phi) is 2.64. The van der Waals surface area contributed by atoms with Crippen molar-refractivity contribution < 1.29 is 13.2 Å². The van der Waals surface area contributed by atoms with Gasteiger partial charge < -0.3 is 4.90 Å². The molecule has 0 spiro atoms. The van der Waals surface area contributed by atoms with Gasteiger partial charge in [-0.25, -0.2) is 8.42 Å². The lowest BCUT2D eigenvalue weighted by Crippen LogP contribution is -2.30. The lowest BCUT2D eigenvalue weighted by atomic mass is 10.2. The van der Waals surface area contributed by atoms with Gasteiger partial charge >= 0.3 is 0 Å². The minimum absolute atomic E-state index is 0.0541. The van der Waals surface area contributed by atoms with Gasteiger partial charge in [0, 0.05) is 28.8 Å². The van der Waals surface area contributed by atoms with Crippen molar-refractivity contribution in [2.24, 2.45) is 5.92 Å². The molecule has 1 saturated carbocycles. The highest BCUT2D eigenvalue weighted by molar-refractivity contribution is 8.13. The van der Waals surface area contributed by atoms with E-state index in [1.165, 1.54) is 12.1 Å². The summed E-state index contributed by atoms with van der Waals surface area (Å²) in [6, 6.07) is 4.74. The van der Waals surface area contributed by atoms with E-state index >= 15 is 0 Å². The van der Waals surface area contributed by atoms with E-state index in [1.807, 2.05) is 0 Å². The number of hydrogen-bond donors (Lipinski definition) is 0. The standard InChI is InChI=1S/C12H12ClNO3S/c13-18(16,17)10-4-3-8-5-6-14(11(8)7-10)12(15)9-1-2-9/h3-4,7,9H,1-2,5-6H2. The molecule has 1 fully saturated rings. The van der Waals surface area contributed by atoms with Crippen molar-refractivity contribution in [1.29, 1.82) is 0 Å². The molecule has 18 heavy (non-hydrogen) atoms. The van der Waals surface area contributed by atoms with Gasteiger partial charge in [0.15, 0.2) is 0 Å². The van der Waals surface area contributed by atoms with Gasteiger partial charge in [-0.05, 0) is 37.0 Å². The third kappa shape index (κ3) is 2.01. The van der Waals surface area contributed by atoms with Gasteiger partial charge in [0.25, 0.3) is 9.05 Å². The van der Waals surface area contributed by atoms with Crippen molar-refractivity contribution in [3.05, 3.63) is 23.8 Å². The highest BCUT2D eigenvalue weighted by Gasteiger charge is 2.36. The van der Waals surface area contributed by atoms with Crippen molar-refractivity contribution in [3.63, 3.8) is 0 Å². The van der Waals surface area contributed by atoms with E-state index in [1.54, 1.807) is 11.0 Å². The zero-order valence-corrected chi connectivity index (χ0v) is 11.2. The highest BCUT2D eigenvalue weighted by atomic mass is 35.7. The van der Waals surface area contributed by atoms with Crippen LogP contribution in [0.25, 0.3) is 0 Å². The molecule has 0 atom stereocenters. The molecule has 0 unspecified atom stereocenters. The Bertz CT molecular complexity index is 622. The van der Waals surface area contributed by atoms with Crippen molar-refractivity contribution in [1.82, 2.24) is 0 Å².